The molecule has 0 radical (unpaired) electrons. The summed E-state index contributed by atoms with van der Waals surface area (Å²) in [7, 11) is -0.165. The number of cyclic esters (lactones) is 1. The topological polar surface area (TPSA) is 80.3 Å². The predicted octanol–water partition coefficient (Wildman–Crippen LogP) is 4.54. The van der Waals surface area contributed by atoms with Gasteiger partial charge >= 0.3 is 11.9 Å². The van der Waals surface area contributed by atoms with Gasteiger partial charge in [0.2, 0.25) is 5.75 Å². The van der Waals surface area contributed by atoms with E-state index in [1.54, 1.807) is 24.3 Å². The number of hydrogen-bond acceptors (Lipinski definition) is 7. The van der Waals surface area contributed by atoms with Gasteiger partial charge in [0.25, 0.3) is 0 Å². The maximum absolute atomic E-state index is 12.8. The Morgan fingerprint density at radius 1 is 1.16 bits per heavy atom. The Hall–Kier alpha value is -3.22. The second-order valence-electron chi connectivity index (χ2n) is 8.42. The van der Waals surface area contributed by atoms with Gasteiger partial charge < -0.3 is 23.7 Å². The molecule has 2 aromatic rings. The van der Waals surface area contributed by atoms with Gasteiger partial charge in [-0.1, -0.05) is 12.5 Å². The van der Waals surface area contributed by atoms with Gasteiger partial charge in [-0.2, -0.15) is 0 Å². The standard InChI is InChI=1S/C25H28O7/c1-15(2)32-24(27)25(10-5-11-25)14-31-21-18(8-9-20(28-3)22(21)29-4)16-6-7-19-17(12-16)13-30-23(19)26/h6-9,12,15H,5,10-11,13-14H2,1-4H3/i4D2. The smallest absolute Gasteiger partial charge is 0.338 e. The first kappa shape index (κ1) is 19.5. The van der Waals surface area contributed by atoms with Crippen LogP contribution in [0.4, 0.5) is 0 Å². The molecule has 7 nitrogen and oxygen atoms in total. The van der Waals surface area contributed by atoms with Crippen LogP contribution in [0.25, 0.3) is 11.1 Å². The number of ether oxygens (including phenoxy) is 5. The number of hydrogen-bond donors (Lipinski definition) is 0. The monoisotopic (exact) mass is 442 g/mol. The summed E-state index contributed by atoms with van der Waals surface area (Å²) in [6.07, 6.45) is 1.95. The highest BCUT2D eigenvalue weighted by molar-refractivity contribution is 5.94. The molecule has 1 saturated carbocycles. The molecule has 1 aliphatic heterocycles. The quantitative estimate of drug-likeness (QED) is 0.555. The summed E-state index contributed by atoms with van der Waals surface area (Å²) >= 11 is 0. The van der Waals surface area contributed by atoms with Crippen LogP contribution in [0.3, 0.4) is 0 Å². The number of carbonyl (C=O) groups is 2. The van der Waals surface area contributed by atoms with Crippen LogP contribution in [0.1, 0.15) is 51.8 Å². The molecule has 0 amide bonds. The van der Waals surface area contributed by atoms with Crippen molar-refractivity contribution in [2.24, 2.45) is 5.41 Å². The van der Waals surface area contributed by atoms with Crippen LogP contribution >= 0.6 is 0 Å². The zero-order chi connectivity index (χ0) is 24.5. The minimum atomic E-state index is -1.62. The molecule has 0 atom stereocenters. The second kappa shape index (κ2) is 8.73. The van der Waals surface area contributed by atoms with Crippen LogP contribution < -0.4 is 14.2 Å². The maximum atomic E-state index is 12.8. The largest absolute Gasteiger partial charge is 0.493 e. The van der Waals surface area contributed by atoms with E-state index in [0.717, 1.165) is 17.5 Å². The number of benzene rings is 2. The Morgan fingerprint density at radius 3 is 2.59 bits per heavy atom. The van der Waals surface area contributed by atoms with Crippen molar-refractivity contribution in [1.29, 1.82) is 0 Å². The lowest BCUT2D eigenvalue weighted by Crippen LogP contribution is -2.45. The van der Waals surface area contributed by atoms with Gasteiger partial charge in [0.15, 0.2) is 11.5 Å². The fourth-order valence-corrected chi connectivity index (χ4v) is 4.05. The number of carbonyl (C=O) groups excluding carboxylic acids is 2. The van der Waals surface area contributed by atoms with Crippen molar-refractivity contribution in [1.82, 2.24) is 0 Å². The van der Waals surface area contributed by atoms with Crippen molar-refractivity contribution < 1.29 is 36.0 Å². The normalized spacial score (nSPS) is 17.1. The predicted molar refractivity (Wildman–Crippen MR) is 117 cm³/mol. The SMILES string of the molecule is [2H]C([2H])Oc1c(OC)ccc(-c2ccc3c(c2)COC3=O)c1OCC1(C(=O)OC(C)C)CCC1. The van der Waals surface area contributed by atoms with Crippen LogP contribution in [0.15, 0.2) is 30.3 Å². The molecule has 2 aliphatic rings. The van der Waals surface area contributed by atoms with Crippen LogP contribution in [-0.2, 0) is 20.9 Å². The van der Waals surface area contributed by atoms with E-state index in [9.17, 15) is 9.59 Å². The minimum absolute atomic E-state index is 0.0578. The maximum Gasteiger partial charge on any atom is 0.338 e. The summed E-state index contributed by atoms with van der Waals surface area (Å²) in [6.45, 7) is 3.86. The number of rotatable bonds is 8. The van der Waals surface area contributed by atoms with E-state index in [1.807, 2.05) is 19.9 Å². The molecule has 1 aliphatic carbocycles. The van der Waals surface area contributed by atoms with E-state index < -0.39 is 12.5 Å². The number of esters is 2. The average molecular weight is 443 g/mol. The van der Waals surface area contributed by atoms with Crippen molar-refractivity contribution in [2.75, 3.05) is 20.8 Å². The number of fused-ring (bicyclic) bond motifs is 1. The molecule has 1 heterocycles. The molecule has 32 heavy (non-hydrogen) atoms. The summed E-state index contributed by atoms with van der Waals surface area (Å²) in [5.74, 6) is 0.00821. The first-order valence-electron chi connectivity index (χ1n) is 11.8. The summed E-state index contributed by atoms with van der Waals surface area (Å²) in [5.41, 5.74) is 1.85. The van der Waals surface area contributed by atoms with E-state index >= 15 is 0 Å². The van der Waals surface area contributed by atoms with Gasteiger partial charge in [-0.15, -0.1) is 0 Å². The van der Waals surface area contributed by atoms with Gasteiger partial charge in [0, 0.05) is 11.1 Å². The van der Waals surface area contributed by atoms with Crippen LogP contribution in [-0.4, -0.2) is 38.8 Å². The third-order valence-electron chi connectivity index (χ3n) is 5.99. The van der Waals surface area contributed by atoms with Gasteiger partial charge in [-0.3, -0.25) is 4.79 Å². The van der Waals surface area contributed by atoms with Crippen molar-refractivity contribution >= 4 is 11.9 Å². The second-order valence-corrected chi connectivity index (χ2v) is 8.42. The molecule has 2 aromatic carbocycles. The zero-order valence-electron chi connectivity index (χ0n) is 20.4. The summed E-state index contributed by atoms with van der Waals surface area (Å²) in [5, 5.41) is 0. The van der Waals surface area contributed by atoms with Gasteiger partial charge in [-0.25, -0.2) is 4.79 Å². The average Bonchev–Trinajstić information content (AvgIpc) is 3.12. The van der Waals surface area contributed by atoms with Crippen molar-refractivity contribution in [3.8, 4) is 28.4 Å². The fourth-order valence-electron chi connectivity index (χ4n) is 4.05. The van der Waals surface area contributed by atoms with Crippen LogP contribution in [0, 0.1) is 5.41 Å². The third-order valence-corrected chi connectivity index (χ3v) is 5.99. The highest BCUT2D eigenvalue weighted by Crippen LogP contribution is 2.48. The third kappa shape index (κ3) is 3.87. The molecule has 0 bridgehead atoms. The molecule has 4 rings (SSSR count). The van der Waals surface area contributed by atoms with Gasteiger partial charge in [0.05, 0.1) is 28.6 Å². The van der Waals surface area contributed by atoms with Crippen molar-refractivity contribution in [2.45, 2.75) is 45.8 Å². The Labute approximate surface area is 190 Å². The van der Waals surface area contributed by atoms with Crippen LogP contribution in [0.5, 0.6) is 17.2 Å². The van der Waals surface area contributed by atoms with E-state index in [0.29, 0.717) is 29.7 Å². The molecule has 0 N–H and O–H groups in total. The molecule has 7 heteroatoms. The van der Waals surface area contributed by atoms with Gasteiger partial charge in [0.1, 0.15) is 18.6 Å². The fraction of sp³-hybridized carbons (Fsp3) is 0.440. The Morgan fingerprint density at radius 2 is 1.94 bits per heavy atom. The van der Waals surface area contributed by atoms with Crippen molar-refractivity contribution in [3.05, 3.63) is 41.5 Å². The van der Waals surface area contributed by atoms with Gasteiger partial charge in [-0.05, 0) is 56.5 Å². The summed E-state index contributed by atoms with van der Waals surface area (Å²) < 4.78 is 43.0. The Balaban J connectivity index is 1.74. The lowest BCUT2D eigenvalue weighted by molar-refractivity contribution is -0.168. The molecular formula is C25H28O7. The van der Waals surface area contributed by atoms with E-state index in [-0.39, 0.29) is 42.8 Å². The molecule has 1 fully saturated rings. The number of methoxy groups -OCH3 is 2. The zero-order valence-corrected chi connectivity index (χ0v) is 18.4. The van der Waals surface area contributed by atoms with E-state index in [2.05, 4.69) is 0 Å². The first-order valence-corrected chi connectivity index (χ1v) is 10.6. The summed E-state index contributed by atoms with van der Waals surface area (Å²) in [6, 6.07) is 8.75. The minimum Gasteiger partial charge on any atom is -0.493 e. The molecule has 0 unspecified atom stereocenters. The van der Waals surface area contributed by atoms with Crippen LogP contribution in [0.2, 0.25) is 0 Å². The molecule has 170 valence electrons. The van der Waals surface area contributed by atoms with E-state index in [4.69, 9.17) is 26.4 Å². The molecule has 0 spiro atoms. The highest BCUT2D eigenvalue weighted by Gasteiger charge is 2.47. The Kier molecular flexibility index (Phi) is 5.31. The summed E-state index contributed by atoms with van der Waals surface area (Å²) in [4.78, 5) is 24.7. The van der Waals surface area contributed by atoms with E-state index in [1.165, 1.54) is 7.11 Å². The molecular weight excluding hydrogens is 412 g/mol. The van der Waals surface area contributed by atoms with Crippen molar-refractivity contribution in [3.63, 3.8) is 0 Å². The first-order chi connectivity index (χ1) is 16.2. The highest BCUT2D eigenvalue weighted by atomic mass is 16.6. The lowest BCUT2D eigenvalue weighted by Gasteiger charge is -2.39. The molecule has 0 saturated heterocycles. The lowest BCUT2D eigenvalue weighted by atomic mass is 9.69. The Bertz CT molecular complexity index is 1090. The molecule has 0 aromatic heterocycles.